The van der Waals surface area contributed by atoms with Crippen LogP contribution in [0.5, 0.6) is 0 Å². The normalized spacial score (nSPS) is 12.0. The molecule has 1 rings (SSSR count). The lowest BCUT2D eigenvalue weighted by molar-refractivity contribution is 0.0818. The molecular formula is C6H9ClN2OS. The summed E-state index contributed by atoms with van der Waals surface area (Å²) in [6.45, 7) is 3.45. The molecule has 0 bridgehead atoms. The van der Waals surface area contributed by atoms with Gasteiger partial charge in [0, 0.05) is 6.42 Å². The minimum atomic E-state index is -0.738. The Balaban J connectivity index is 2.72. The molecule has 0 saturated carbocycles. The number of halogens is 1. The minimum Gasteiger partial charge on any atom is -0.390 e. The lowest BCUT2D eigenvalue weighted by Gasteiger charge is -2.14. The molecule has 0 aliphatic heterocycles. The Labute approximate surface area is 74.2 Å². The minimum absolute atomic E-state index is 0.400. The van der Waals surface area contributed by atoms with Gasteiger partial charge in [0.15, 0.2) is 5.15 Å². The van der Waals surface area contributed by atoms with Crippen molar-refractivity contribution in [2.24, 2.45) is 0 Å². The van der Waals surface area contributed by atoms with Crippen LogP contribution in [0.2, 0.25) is 5.15 Å². The molecule has 0 atom stereocenters. The molecule has 0 spiro atoms. The summed E-state index contributed by atoms with van der Waals surface area (Å²) in [5.74, 6) is 0. The summed E-state index contributed by atoms with van der Waals surface area (Å²) >= 11 is 6.89. The quantitative estimate of drug-likeness (QED) is 0.773. The van der Waals surface area contributed by atoms with Gasteiger partial charge < -0.3 is 5.11 Å². The molecule has 11 heavy (non-hydrogen) atoms. The first kappa shape index (κ1) is 8.90. The number of nitrogens with zero attached hydrogens (tertiary/aromatic N) is 2. The molecule has 1 heterocycles. The SMILES string of the molecule is CC(C)(O)Cc1snnc1Cl. The number of rotatable bonds is 2. The highest BCUT2D eigenvalue weighted by Crippen LogP contribution is 2.21. The summed E-state index contributed by atoms with van der Waals surface area (Å²) in [5.41, 5.74) is -0.738. The maximum absolute atomic E-state index is 9.41. The number of hydrogen-bond donors (Lipinski definition) is 1. The van der Waals surface area contributed by atoms with Crippen LogP contribution >= 0.6 is 23.1 Å². The van der Waals surface area contributed by atoms with Gasteiger partial charge in [-0.3, -0.25) is 0 Å². The van der Waals surface area contributed by atoms with Crippen molar-refractivity contribution in [3.05, 3.63) is 10.0 Å². The summed E-state index contributed by atoms with van der Waals surface area (Å²) in [5, 5.41) is 13.4. The van der Waals surface area contributed by atoms with Gasteiger partial charge in [-0.1, -0.05) is 16.1 Å². The van der Waals surface area contributed by atoms with Crippen molar-refractivity contribution in [3.63, 3.8) is 0 Å². The maximum Gasteiger partial charge on any atom is 0.167 e. The van der Waals surface area contributed by atoms with E-state index in [1.54, 1.807) is 13.8 Å². The van der Waals surface area contributed by atoms with Crippen molar-refractivity contribution in [1.82, 2.24) is 9.59 Å². The lowest BCUT2D eigenvalue weighted by Crippen LogP contribution is -2.21. The van der Waals surface area contributed by atoms with Gasteiger partial charge in [0.1, 0.15) is 0 Å². The molecule has 1 aromatic heterocycles. The van der Waals surface area contributed by atoms with E-state index < -0.39 is 5.60 Å². The third-order valence-corrected chi connectivity index (χ3v) is 2.24. The van der Waals surface area contributed by atoms with Crippen LogP contribution in [-0.2, 0) is 6.42 Å². The summed E-state index contributed by atoms with van der Waals surface area (Å²) in [6.07, 6.45) is 0.503. The van der Waals surface area contributed by atoms with Crippen molar-refractivity contribution in [2.45, 2.75) is 25.9 Å². The van der Waals surface area contributed by atoms with E-state index in [1.165, 1.54) is 11.5 Å². The summed E-state index contributed by atoms with van der Waals surface area (Å²) < 4.78 is 3.65. The largest absolute Gasteiger partial charge is 0.390 e. The highest BCUT2D eigenvalue weighted by Gasteiger charge is 2.17. The van der Waals surface area contributed by atoms with Crippen molar-refractivity contribution in [2.75, 3.05) is 0 Å². The molecule has 0 radical (unpaired) electrons. The Kier molecular flexibility index (Phi) is 2.47. The van der Waals surface area contributed by atoms with E-state index in [2.05, 4.69) is 9.59 Å². The highest BCUT2D eigenvalue weighted by atomic mass is 35.5. The third kappa shape index (κ3) is 2.73. The van der Waals surface area contributed by atoms with Gasteiger partial charge in [0.25, 0.3) is 0 Å². The van der Waals surface area contributed by atoms with Crippen LogP contribution in [0.15, 0.2) is 0 Å². The zero-order valence-electron chi connectivity index (χ0n) is 6.33. The standard InChI is InChI=1S/C6H9ClN2OS/c1-6(2,10)3-4-5(7)8-9-11-4/h10H,3H2,1-2H3. The molecule has 0 saturated heterocycles. The Bertz CT molecular complexity index is 243. The fourth-order valence-electron chi connectivity index (χ4n) is 0.697. The Morgan fingerprint density at radius 3 is 2.64 bits per heavy atom. The van der Waals surface area contributed by atoms with Crippen molar-refractivity contribution in [1.29, 1.82) is 0 Å². The molecule has 5 heteroatoms. The summed E-state index contributed by atoms with van der Waals surface area (Å²) in [6, 6.07) is 0. The second-order valence-corrected chi connectivity index (χ2v) is 4.17. The number of aromatic nitrogens is 2. The molecule has 0 fully saturated rings. The van der Waals surface area contributed by atoms with E-state index in [0.29, 0.717) is 11.6 Å². The van der Waals surface area contributed by atoms with Gasteiger partial charge >= 0.3 is 0 Å². The summed E-state index contributed by atoms with van der Waals surface area (Å²) in [4.78, 5) is 0.833. The van der Waals surface area contributed by atoms with Crippen molar-refractivity contribution < 1.29 is 5.11 Å². The first-order valence-electron chi connectivity index (χ1n) is 3.18. The van der Waals surface area contributed by atoms with E-state index in [-0.39, 0.29) is 0 Å². The molecule has 0 aliphatic carbocycles. The van der Waals surface area contributed by atoms with Gasteiger partial charge in [-0.05, 0) is 25.4 Å². The molecule has 0 aliphatic rings. The Hall–Kier alpha value is -0.190. The van der Waals surface area contributed by atoms with Gasteiger partial charge in [0.05, 0.1) is 10.5 Å². The monoisotopic (exact) mass is 192 g/mol. The third-order valence-electron chi connectivity index (χ3n) is 1.10. The van der Waals surface area contributed by atoms with E-state index >= 15 is 0 Å². The first-order valence-corrected chi connectivity index (χ1v) is 4.33. The number of hydrogen-bond acceptors (Lipinski definition) is 4. The second kappa shape index (κ2) is 3.05. The molecule has 3 nitrogen and oxygen atoms in total. The second-order valence-electron chi connectivity index (χ2n) is 2.98. The molecule has 0 amide bonds. The Morgan fingerprint density at radius 1 is 1.64 bits per heavy atom. The number of aliphatic hydroxyl groups is 1. The van der Waals surface area contributed by atoms with Gasteiger partial charge in [-0.15, -0.1) is 5.10 Å². The van der Waals surface area contributed by atoms with Crippen molar-refractivity contribution >= 4 is 23.1 Å². The van der Waals surface area contributed by atoms with Crippen LogP contribution in [0.1, 0.15) is 18.7 Å². The zero-order valence-corrected chi connectivity index (χ0v) is 7.91. The van der Waals surface area contributed by atoms with E-state index in [4.69, 9.17) is 11.6 Å². The van der Waals surface area contributed by atoms with Crippen molar-refractivity contribution in [3.8, 4) is 0 Å². The highest BCUT2D eigenvalue weighted by molar-refractivity contribution is 7.06. The average Bonchev–Trinajstić information content (AvgIpc) is 2.12. The predicted molar refractivity (Wildman–Crippen MR) is 44.9 cm³/mol. The molecule has 62 valence electrons. The van der Waals surface area contributed by atoms with Crippen LogP contribution in [0, 0.1) is 0 Å². The van der Waals surface area contributed by atoms with E-state index in [9.17, 15) is 5.11 Å². The average molecular weight is 193 g/mol. The Morgan fingerprint density at radius 2 is 2.27 bits per heavy atom. The first-order chi connectivity index (χ1) is 4.99. The van der Waals surface area contributed by atoms with Gasteiger partial charge in [-0.2, -0.15) is 0 Å². The zero-order chi connectivity index (χ0) is 8.48. The summed E-state index contributed by atoms with van der Waals surface area (Å²) in [7, 11) is 0. The fraction of sp³-hybridized carbons (Fsp3) is 0.667. The fourth-order valence-corrected chi connectivity index (χ4v) is 1.71. The molecule has 1 aromatic rings. The van der Waals surface area contributed by atoms with Crippen LogP contribution in [0.4, 0.5) is 0 Å². The topological polar surface area (TPSA) is 46.0 Å². The van der Waals surface area contributed by atoms with Gasteiger partial charge in [0.2, 0.25) is 0 Å². The van der Waals surface area contributed by atoms with E-state index in [0.717, 1.165) is 4.88 Å². The lowest BCUT2D eigenvalue weighted by atomic mass is 10.1. The predicted octanol–water partition coefficient (Wildman–Crippen LogP) is 1.50. The molecule has 0 unspecified atom stereocenters. The molecular weight excluding hydrogens is 184 g/mol. The van der Waals surface area contributed by atoms with Crippen LogP contribution < -0.4 is 0 Å². The van der Waals surface area contributed by atoms with E-state index in [1.807, 2.05) is 0 Å². The molecule has 1 N–H and O–H groups in total. The molecule has 0 aromatic carbocycles. The van der Waals surface area contributed by atoms with Crippen LogP contribution in [0.25, 0.3) is 0 Å². The maximum atomic E-state index is 9.41. The van der Waals surface area contributed by atoms with Crippen LogP contribution in [0.3, 0.4) is 0 Å². The van der Waals surface area contributed by atoms with Crippen LogP contribution in [-0.4, -0.2) is 20.3 Å². The smallest absolute Gasteiger partial charge is 0.167 e. The van der Waals surface area contributed by atoms with Gasteiger partial charge in [-0.25, -0.2) is 0 Å².